The van der Waals surface area contributed by atoms with E-state index in [-0.39, 0.29) is 5.78 Å². The van der Waals surface area contributed by atoms with Crippen molar-refractivity contribution in [2.24, 2.45) is 0 Å². The Kier molecular flexibility index (Phi) is 2.93. The molecule has 0 unspecified atom stereocenters. The number of alkyl halides is 1. The first-order valence-corrected chi connectivity index (χ1v) is 4.37. The summed E-state index contributed by atoms with van der Waals surface area (Å²) in [7, 11) is 0. The molecule has 1 aliphatic carbocycles. The van der Waals surface area contributed by atoms with Crippen molar-refractivity contribution in [2.45, 2.75) is 12.8 Å². The van der Waals surface area contributed by atoms with E-state index in [9.17, 15) is 4.79 Å². The van der Waals surface area contributed by atoms with E-state index in [2.05, 4.69) is 15.9 Å². The zero-order chi connectivity index (χ0) is 7.40. The van der Waals surface area contributed by atoms with Gasteiger partial charge in [0.1, 0.15) is 0 Å². The number of allylic oxidation sites excluding steroid dienone is 2. The average Bonchev–Trinajstić information content (AvgIpc) is 2.31. The van der Waals surface area contributed by atoms with Crippen LogP contribution in [0.5, 0.6) is 0 Å². The van der Waals surface area contributed by atoms with Crippen LogP contribution < -0.4 is 0 Å². The Labute approximate surface area is 68.4 Å². The third-order valence-electron chi connectivity index (χ3n) is 1.30. The number of carbonyl (C=O) groups is 1. The van der Waals surface area contributed by atoms with Crippen molar-refractivity contribution in [3.05, 3.63) is 11.8 Å². The topological polar surface area (TPSA) is 26.3 Å². The molecule has 1 aliphatic rings. The van der Waals surface area contributed by atoms with Gasteiger partial charge in [-0.25, -0.2) is 0 Å². The van der Waals surface area contributed by atoms with Crippen molar-refractivity contribution in [2.75, 3.05) is 11.9 Å². The van der Waals surface area contributed by atoms with E-state index in [0.717, 1.165) is 17.5 Å². The third-order valence-corrected chi connectivity index (χ3v) is 1.63. The summed E-state index contributed by atoms with van der Waals surface area (Å²) in [5.74, 6) is 1.02. The van der Waals surface area contributed by atoms with Crippen LogP contribution in [0.15, 0.2) is 11.8 Å². The quantitative estimate of drug-likeness (QED) is 0.654. The van der Waals surface area contributed by atoms with Crippen molar-refractivity contribution >= 4 is 21.7 Å². The van der Waals surface area contributed by atoms with Gasteiger partial charge >= 0.3 is 0 Å². The monoisotopic (exact) mass is 204 g/mol. The lowest BCUT2D eigenvalue weighted by molar-refractivity contribution is -0.114. The maximum absolute atomic E-state index is 10.6. The number of ketones is 1. The van der Waals surface area contributed by atoms with Crippen LogP contribution >= 0.6 is 15.9 Å². The minimum Gasteiger partial charge on any atom is -0.497 e. The molecule has 10 heavy (non-hydrogen) atoms. The molecule has 0 amide bonds. The molecule has 0 aromatic rings. The van der Waals surface area contributed by atoms with Crippen molar-refractivity contribution in [3.8, 4) is 0 Å². The summed E-state index contributed by atoms with van der Waals surface area (Å²) < 4.78 is 5.22. The average molecular weight is 205 g/mol. The van der Waals surface area contributed by atoms with Gasteiger partial charge in [0.05, 0.1) is 12.4 Å². The van der Waals surface area contributed by atoms with Gasteiger partial charge < -0.3 is 4.74 Å². The summed E-state index contributed by atoms with van der Waals surface area (Å²) in [5, 5.41) is 0.818. The second-order valence-electron chi connectivity index (χ2n) is 2.11. The van der Waals surface area contributed by atoms with Gasteiger partial charge in [-0.15, -0.1) is 0 Å². The highest BCUT2D eigenvalue weighted by Crippen LogP contribution is 2.15. The summed E-state index contributed by atoms with van der Waals surface area (Å²) in [6.07, 6.45) is 2.99. The summed E-state index contributed by atoms with van der Waals surface area (Å²) in [6, 6.07) is 0. The van der Waals surface area contributed by atoms with Gasteiger partial charge in [0, 0.05) is 24.2 Å². The number of hydrogen-bond acceptors (Lipinski definition) is 2. The molecule has 0 fully saturated rings. The maximum atomic E-state index is 10.6. The molecule has 0 aromatic carbocycles. The fourth-order valence-corrected chi connectivity index (χ4v) is 1.02. The highest BCUT2D eigenvalue weighted by molar-refractivity contribution is 9.09. The van der Waals surface area contributed by atoms with Crippen LogP contribution in [0, 0.1) is 0 Å². The molecule has 3 heteroatoms. The molecule has 0 aromatic heterocycles. The van der Waals surface area contributed by atoms with Crippen molar-refractivity contribution < 1.29 is 9.53 Å². The normalized spacial score (nSPS) is 17.3. The van der Waals surface area contributed by atoms with Crippen molar-refractivity contribution in [1.29, 1.82) is 0 Å². The SMILES string of the molecule is O=C1C=C(OCCBr)CC1. The van der Waals surface area contributed by atoms with Crippen molar-refractivity contribution in [3.63, 3.8) is 0 Å². The Morgan fingerprint density at radius 1 is 1.60 bits per heavy atom. The van der Waals surface area contributed by atoms with Crippen LogP contribution in [0.25, 0.3) is 0 Å². The predicted molar refractivity (Wildman–Crippen MR) is 42.1 cm³/mol. The summed E-state index contributed by atoms with van der Waals surface area (Å²) >= 11 is 3.23. The number of hydrogen-bond donors (Lipinski definition) is 0. The fourth-order valence-electron chi connectivity index (χ4n) is 0.854. The third kappa shape index (κ3) is 2.14. The zero-order valence-electron chi connectivity index (χ0n) is 5.60. The predicted octanol–water partition coefficient (Wildman–Crippen LogP) is 1.64. The molecule has 0 spiro atoms. The van der Waals surface area contributed by atoms with Gasteiger partial charge in [0.15, 0.2) is 5.78 Å². The van der Waals surface area contributed by atoms with Crippen molar-refractivity contribution in [1.82, 2.24) is 0 Å². The molecule has 2 nitrogen and oxygen atoms in total. The molecule has 0 radical (unpaired) electrons. The second kappa shape index (κ2) is 3.76. The molecule has 0 N–H and O–H groups in total. The van der Waals surface area contributed by atoms with E-state index in [4.69, 9.17) is 4.74 Å². The molecule has 0 saturated carbocycles. The number of halogens is 1. The van der Waals surface area contributed by atoms with Gasteiger partial charge in [0.25, 0.3) is 0 Å². The second-order valence-corrected chi connectivity index (χ2v) is 2.91. The molecular formula is C7H9BrO2. The summed E-state index contributed by atoms with van der Waals surface area (Å²) in [5.41, 5.74) is 0. The van der Waals surface area contributed by atoms with Crippen LogP contribution in [0.3, 0.4) is 0 Å². The van der Waals surface area contributed by atoms with Gasteiger partial charge in [-0.1, -0.05) is 15.9 Å². The van der Waals surface area contributed by atoms with E-state index in [1.54, 1.807) is 6.08 Å². The largest absolute Gasteiger partial charge is 0.497 e. The molecular weight excluding hydrogens is 196 g/mol. The molecule has 0 heterocycles. The lowest BCUT2D eigenvalue weighted by atomic mass is 10.3. The summed E-state index contributed by atoms with van der Waals surface area (Å²) in [6.45, 7) is 0.652. The first kappa shape index (κ1) is 7.79. The number of carbonyl (C=O) groups excluding carboxylic acids is 1. The standard InChI is InChI=1S/C7H9BrO2/c8-3-4-10-7-2-1-6(9)5-7/h5H,1-4H2. The van der Waals surface area contributed by atoms with E-state index in [0.29, 0.717) is 13.0 Å². The van der Waals surface area contributed by atoms with E-state index in [1.165, 1.54) is 0 Å². The van der Waals surface area contributed by atoms with E-state index >= 15 is 0 Å². The molecule has 1 rings (SSSR count). The molecule has 0 saturated heterocycles. The van der Waals surface area contributed by atoms with E-state index in [1.807, 2.05) is 0 Å². The van der Waals surface area contributed by atoms with Gasteiger partial charge in [-0.3, -0.25) is 4.79 Å². The molecule has 56 valence electrons. The Morgan fingerprint density at radius 3 is 2.90 bits per heavy atom. The first-order valence-electron chi connectivity index (χ1n) is 3.25. The van der Waals surface area contributed by atoms with Gasteiger partial charge in [0.2, 0.25) is 0 Å². The highest BCUT2D eigenvalue weighted by atomic mass is 79.9. The van der Waals surface area contributed by atoms with E-state index < -0.39 is 0 Å². The molecule has 0 bridgehead atoms. The maximum Gasteiger partial charge on any atom is 0.159 e. The van der Waals surface area contributed by atoms with Crippen LogP contribution in [-0.4, -0.2) is 17.7 Å². The Bertz CT molecular complexity index is 163. The lowest BCUT2D eigenvalue weighted by Crippen LogP contribution is -1.92. The van der Waals surface area contributed by atoms with Gasteiger partial charge in [-0.05, 0) is 0 Å². The first-order chi connectivity index (χ1) is 4.83. The van der Waals surface area contributed by atoms with Crippen LogP contribution in [0.4, 0.5) is 0 Å². The number of ether oxygens (including phenoxy) is 1. The minimum atomic E-state index is 0.185. The van der Waals surface area contributed by atoms with Gasteiger partial charge in [-0.2, -0.15) is 0 Å². The van der Waals surface area contributed by atoms with Crippen LogP contribution in [0.2, 0.25) is 0 Å². The Morgan fingerprint density at radius 2 is 2.40 bits per heavy atom. The smallest absolute Gasteiger partial charge is 0.159 e. The molecule has 0 aliphatic heterocycles. The molecule has 0 atom stereocenters. The minimum absolute atomic E-state index is 0.185. The Balaban J connectivity index is 2.28. The highest BCUT2D eigenvalue weighted by Gasteiger charge is 2.11. The fraction of sp³-hybridized carbons (Fsp3) is 0.571. The Hall–Kier alpha value is -0.310. The van der Waals surface area contributed by atoms with Crippen LogP contribution in [0.1, 0.15) is 12.8 Å². The zero-order valence-corrected chi connectivity index (χ0v) is 7.19. The lowest BCUT2D eigenvalue weighted by Gasteiger charge is -2.01. The van der Waals surface area contributed by atoms with Crippen LogP contribution in [-0.2, 0) is 9.53 Å². The number of rotatable bonds is 3. The summed E-state index contributed by atoms with van der Waals surface area (Å²) in [4.78, 5) is 10.6.